The molecule has 4 nitrogen and oxygen atoms in total. The first-order valence-corrected chi connectivity index (χ1v) is 11.9. The van der Waals surface area contributed by atoms with Gasteiger partial charge < -0.3 is 9.22 Å². The van der Waals surface area contributed by atoms with Crippen molar-refractivity contribution in [3.63, 3.8) is 0 Å². The SMILES string of the molecule is CCCCCCCCCCCCCCC[N+]1(C)CCN(C(=O)OCC)CC1. The van der Waals surface area contributed by atoms with Crippen molar-refractivity contribution in [3.05, 3.63) is 0 Å². The van der Waals surface area contributed by atoms with E-state index in [4.69, 9.17) is 4.74 Å². The monoisotopic (exact) mass is 383 g/mol. The first-order valence-electron chi connectivity index (χ1n) is 11.9. The minimum atomic E-state index is -0.135. The lowest BCUT2D eigenvalue weighted by molar-refractivity contribution is -0.913. The topological polar surface area (TPSA) is 29.5 Å². The van der Waals surface area contributed by atoms with Crippen LogP contribution in [0.5, 0.6) is 0 Å². The Labute approximate surface area is 169 Å². The molecule has 4 heteroatoms. The summed E-state index contributed by atoms with van der Waals surface area (Å²) in [7, 11) is 2.35. The normalized spacial score (nSPS) is 16.5. The summed E-state index contributed by atoms with van der Waals surface area (Å²) < 4.78 is 6.23. The maximum Gasteiger partial charge on any atom is 0.410 e. The molecule has 0 saturated carbocycles. The molecule has 0 aliphatic carbocycles. The zero-order chi connectivity index (χ0) is 19.8. The number of amides is 1. The number of piperazine rings is 1. The largest absolute Gasteiger partial charge is 0.450 e. The van der Waals surface area contributed by atoms with Gasteiger partial charge in [0.05, 0.1) is 46.4 Å². The number of carbonyl (C=O) groups is 1. The highest BCUT2D eigenvalue weighted by Gasteiger charge is 2.30. The van der Waals surface area contributed by atoms with Crippen LogP contribution in [0.2, 0.25) is 0 Å². The van der Waals surface area contributed by atoms with Gasteiger partial charge in [0.25, 0.3) is 0 Å². The average Bonchev–Trinajstić information content (AvgIpc) is 2.66. The van der Waals surface area contributed by atoms with E-state index in [1.54, 1.807) is 0 Å². The van der Waals surface area contributed by atoms with Gasteiger partial charge in [-0.2, -0.15) is 0 Å². The van der Waals surface area contributed by atoms with Crippen molar-refractivity contribution in [1.29, 1.82) is 0 Å². The summed E-state index contributed by atoms with van der Waals surface area (Å²) in [6, 6.07) is 0. The average molecular weight is 384 g/mol. The van der Waals surface area contributed by atoms with Gasteiger partial charge in [-0.3, -0.25) is 4.90 Å². The van der Waals surface area contributed by atoms with Gasteiger partial charge in [0.1, 0.15) is 0 Å². The molecule has 0 bridgehead atoms. The second-order valence-corrected chi connectivity index (χ2v) is 8.72. The van der Waals surface area contributed by atoms with Crippen molar-refractivity contribution in [2.75, 3.05) is 46.4 Å². The third-order valence-electron chi connectivity index (χ3n) is 6.15. The highest BCUT2D eigenvalue weighted by atomic mass is 16.6. The van der Waals surface area contributed by atoms with Crippen LogP contribution >= 0.6 is 0 Å². The lowest BCUT2D eigenvalue weighted by Crippen LogP contribution is -2.58. The molecule has 0 aromatic rings. The molecule has 1 heterocycles. The van der Waals surface area contributed by atoms with Gasteiger partial charge in [0.15, 0.2) is 0 Å². The molecule has 0 atom stereocenters. The number of ether oxygens (including phenoxy) is 1. The van der Waals surface area contributed by atoms with Crippen LogP contribution in [0.15, 0.2) is 0 Å². The van der Waals surface area contributed by atoms with Gasteiger partial charge >= 0.3 is 6.09 Å². The van der Waals surface area contributed by atoms with Gasteiger partial charge in [-0.15, -0.1) is 0 Å². The number of nitrogens with zero attached hydrogens (tertiary/aromatic N) is 2. The summed E-state index contributed by atoms with van der Waals surface area (Å²) in [4.78, 5) is 13.7. The van der Waals surface area contributed by atoms with Crippen molar-refractivity contribution in [2.45, 2.75) is 97.3 Å². The number of unbranched alkanes of at least 4 members (excludes halogenated alkanes) is 12. The van der Waals surface area contributed by atoms with Crippen molar-refractivity contribution in [3.8, 4) is 0 Å². The van der Waals surface area contributed by atoms with E-state index in [0.717, 1.165) is 30.7 Å². The van der Waals surface area contributed by atoms with Crippen LogP contribution in [0.4, 0.5) is 4.79 Å². The number of hydrogen-bond acceptors (Lipinski definition) is 2. The van der Waals surface area contributed by atoms with Crippen LogP contribution in [0.25, 0.3) is 0 Å². The molecule has 0 radical (unpaired) electrons. The standard InChI is InChI=1S/C23H47N2O2/c1-4-6-7-8-9-10-11-12-13-14-15-16-17-20-25(3)21-18-24(19-22-25)23(26)27-5-2/h4-22H2,1-3H3/q+1. The zero-order valence-electron chi connectivity index (χ0n) is 18.6. The van der Waals surface area contributed by atoms with Crippen molar-refractivity contribution in [2.24, 2.45) is 0 Å². The number of quaternary nitrogens is 1. The first-order chi connectivity index (χ1) is 13.1. The van der Waals surface area contributed by atoms with Gasteiger partial charge in [-0.25, -0.2) is 4.79 Å². The van der Waals surface area contributed by atoms with Crippen LogP contribution < -0.4 is 0 Å². The summed E-state index contributed by atoms with van der Waals surface area (Å²) in [5, 5.41) is 0. The van der Waals surface area contributed by atoms with E-state index >= 15 is 0 Å². The molecular formula is C23H47N2O2+. The quantitative estimate of drug-likeness (QED) is 0.256. The smallest absolute Gasteiger partial charge is 0.410 e. The zero-order valence-corrected chi connectivity index (χ0v) is 18.6. The molecule has 1 rings (SSSR count). The lowest BCUT2D eigenvalue weighted by atomic mass is 10.0. The molecular weight excluding hydrogens is 336 g/mol. The third-order valence-corrected chi connectivity index (χ3v) is 6.15. The molecule has 1 saturated heterocycles. The van der Waals surface area contributed by atoms with Crippen molar-refractivity contribution >= 4 is 6.09 Å². The lowest BCUT2D eigenvalue weighted by Gasteiger charge is -2.41. The Balaban J connectivity index is 1.91. The second-order valence-electron chi connectivity index (χ2n) is 8.72. The summed E-state index contributed by atoms with van der Waals surface area (Å²) >= 11 is 0. The van der Waals surface area contributed by atoms with Crippen LogP contribution in [0, 0.1) is 0 Å². The molecule has 0 N–H and O–H groups in total. The second kappa shape index (κ2) is 15.2. The van der Waals surface area contributed by atoms with Crippen molar-refractivity contribution < 1.29 is 14.0 Å². The maximum atomic E-state index is 11.8. The highest BCUT2D eigenvalue weighted by Crippen LogP contribution is 2.15. The number of carbonyl (C=O) groups excluding carboxylic acids is 1. The highest BCUT2D eigenvalue weighted by molar-refractivity contribution is 5.67. The van der Waals surface area contributed by atoms with Gasteiger partial charge in [-0.1, -0.05) is 77.6 Å². The summed E-state index contributed by atoms with van der Waals surface area (Å²) in [5.41, 5.74) is 0. The molecule has 0 aromatic heterocycles. The van der Waals surface area contributed by atoms with Gasteiger partial charge in [0, 0.05) is 0 Å². The summed E-state index contributed by atoms with van der Waals surface area (Å²) in [5.74, 6) is 0. The van der Waals surface area contributed by atoms with E-state index in [2.05, 4.69) is 14.0 Å². The Morgan fingerprint density at radius 2 is 1.22 bits per heavy atom. The molecule has 27 heavy (non-hydrogen) atoms. The van der Waals surface area contributed by atoms with Gasteiger partial charge in [0.2, 0.25) is 0 Å². The van der Waals surface area contributed by atoms with E-state index < -0.39 is 0 Å². The molecule has 1 aliphatic rings. The van der Waals surface area contributed by atoms with E-state index in [1.807, 2.05) is 11.8 Å². The Kier molecular flexibility index (Phi) is 13.7. The number of rotatable bonds is 15. The van der Waals surface area contributed by atoms with Crippen LogP contribution in [-0.4, -0.2) is 61.9 Å². The molecule has 0 unspecified atom stereocenters. The van der Waals surface area contributed by atoms with Crippen LogP contribution in [0.1, 0.15) is 97.3 Å². The Hall–Kier alpha value is -0.770. The van der Waals surface area contributed by atoms with E-state index in [0.29, 0.717) is 6.61 Å². The van der Waals surface area contributed by atoms with E-state index in [9.17, 15) is 4.79 Å². The fourth-order valence-electron chi connectivity index (χ4n) is 4.08. The fraction of sp³-hybridized carbons (Fsp3) is 0.957. The minimum absolute atomic E-state index is 0.135. The molecule has 1 aliphatic heterocycles. The Bertz CT molecular complexity index is 365. The molecule has 1 amide bonds. The first kappa shape index (κ1) is 24.3. The molecule has 0 spiro atoms. The van der Waals surface area contributed by atoms with Crippen molar-refractivity contribution in [1.82, 2.24) is 4.90 Å². The minimum Gasteiger partial charge on any atom is -0.450 e. The molecule has 160 valence electrons. The Morgan fingerprint density at radius 3 is 1.67 bits per heavy atom. The molecule has 0 aromatic carbocycles. The number of likely N-dealkylation sites (N-methyl/N-ethyl adjacent to an activating group) is 1. The van der Waals surface area contributed by atoms with Gasteiger partial charge in [-0.05, 0) is 19.8 Å². The summed E-state index contributed by atoms with van der Waals surface area (Å²) in [6.45, 7) is 9.70. The molecule has 1 fully saturated rings. The number of hydrogen-bond donors (Lipinski definition) is 0. The maximum absolute atomic E-state index is 11.8. The fourth-order valence-corrected chi connectivity index (χ4v) is 4.08. The Morgan fingerprint density at radius 1 is 0.778 bits per heavy atom. The summed E-state index contributed by atoms with van der Waals surface area (Å²) in [6.07, 6.45) is 18.2. The van der Waals surface area contributed by atoms with E-state index in [1.165, 1.54) is 90.0 Å². The predicted molar refractivity (Wildman–Crippen MR) is 115 cm³/mol. The third kappa shape index (κ3) is 11.6. The van der Waals surface area contributed by atoms with Crippen LogP contribution in [0.3, 0.4) is 0 Å². The van der Waals surface area contributed by atoms with Crippen LogP contribution in [-0.2, 0) is 4.74 Å². The predicted octanol–water partition coefficient (Wildman–Crippen LogP) is 6.00. The van der Waals surface area contributed by atoms with E-state index in [-0.39, 0.29) is 6.09 Å².